The van der Waals surface area contributed by atoms with E-state index >= 15 is 0 Å². The lowest BCUT2D eigenvalue weighted by Crippen LogP contribution is -2.21. The Morgan fingerprint density at radius 2 is 1.58 bits per heavy atom. The lowest BCUT2D eigenvalue weighted by atomic mass is 10.00. The van der Waals surface area contributed by atoms with Crippen molar-refractivity contribution in [3.8, 4) is 11.5 Å². The highest BCUT2D eigenvalue weighted by Gasteiger charge is 2.32. The summed E-state index contributed by atoms with van der Waals surface area (Å²) in [6.45, 7) is 0.169. The van der Waals surface area contributed by atoms with E-state index in [2.05, 4.69) is 5.10 Å². The molecule has 0 N–H and O–H groups in total. The van der Waals surface area contributed by atoms with E-state index in [-0.39, 0.29) is 12.5 Å². The molecule has 4 aromatic carbocycles. The molecule has 0 saturated carbocycles. The first kappa shape index (κ1) is 25.9. The highest BCUT2D eigenvalue weighted by atomic mass is 35.5. The number of rotatable bonds is 7. The average Bonchev–Trinajstić information content (AvgIpc) is 3.25. The van der Waals surface area contributed by atoms with Crippen LogP contribution in [0.2, 0.25) is 15.1 Å². The Hall–Kier alpha value is -3.77. The molecule has 8 heteroatoms. The highest BCUT2D eigenvalue weighted by molar-refractivity contribution is 6.38. The van der Waals surface area contributed by atoms with Gasteiger partial charge in [0, 0.05) is 21.2 Å². The fourth-order valence-electron chi connectivity index (χ4n) is 4.02. The summed E-state index contributed by atoms with van der Waals surface area (Å²) < 4.78 is 11.6. The van der Waals surface area contributed by atoms with Crippen molar-refractivity contribution >= 4 is 58.2 Å². The fraction of sp³-hybridized carbons (Fsp3) is 0.0667. The van der Waals surface area contributed by atoms with E-state index in [9.17, 15) is 4.79 Å². The zero-order chi connectivity index (χ0) is 26.6. The van der Waals surface area contributed by atoms with Crippen LogP contribution < -0.4 is 14.5 Å². The van der Waals surface area contributed by atoms with Gasteiger partial charge in [-0.2, -0.15) is 10.1 Å². The molecular weight excluding hydrogens is 543 g/mol. The predicted octanol–water partition coefficient (Wildman–Crippen LogP) is 8.07. The molecule has 0 aliphatic carbocycles. The second-order valence-corrected chi connectivity index (χ2v) is 9.63. The molecule has 0 bridgehead atoms. The maximum absolute atomic E-state index is 13.5. The van der Waals surface area contributed by atoms with Crippen molar-refractivity contribution in [3.63, 3.8) is 0 Å². The summed E-state index contributed by atoms with van der Waals surface area (Å²) in [6, 6.07) is 27.5. The van der Waals surface area contributed by atoms with Gasteiger partial charge in [0.1, 0.15) is 12.3 Å². The quantitative estimate of drug-likeness (QED) is 0.214. The number of hydrazone groups is 1. The molecule has 1 heterocycles. The van der Waals surface area contributed by atoms with Gasteiger partial charge >= 0.3 is 0 Å². The zero-order valence-corrected chi connectivity index (χ0v) is 22.5. The first-order valence-electron chi connectivity index (χ1n) is 11.6. The molecule has 0 atom stereocenters. The van der Waals surface area contributed by atoms with Crippen LogP contribution in [0.3, 0.4) is 0 Å². The summed E-state index contributed by atoms with van der Waals surface area (Å²) in [5.74, 6) is 0.531. The number of methoxy groups -OCH3 is 1. The van der Waals surface area contributed by atoms with Gasteiger partial charge in [-0.3, -0.25) is 4.79 Å². The lowest BCUT2D eigenvalue weighted by molar-refractivity contribution is -0.114. The third-order valence-electron chi connectivity index (χ3n) is 5.88. The molecule has 5 nitrogen and oxygen atoms in total. The molecule has 1 aliphatic heterocycles. The van der Waals surface area contributed by atoms with E-state index in [0.717, 1.165) is 11.1 Å². The molecule has 1 amide bonds. The number of nitrogens with zero attached hydrogens (tertiary/aromatic N) is 2. The fourth-order valence-corrected chi connectivity index (χ4v) is 4.75. The number of para-hydroxylation sites is 1. The molecule has 0 fully saturated rings. The zero-order valence-electron chi connectivity index (χ0n) is 20.2. The summed E-state index contributed by atoms with van der Waals surface area (Å²) >= 11 is 18.9. The number of carbonyl (C=O) groups is 1. The van der Waals surface area contributed by atoms with Gasteiger partial charge in [0.2, 0.25) is 0 Å². The molecule has 0 spiro atoms. The molecule has 190 valence electrons. The second-order valence-electron chi connectivity index (χ2n) is 8.38. The Balaban J connectivity index is 1.50. The molecule has 4 aromatic rings. The molecule has 5 rings (SSSR count). The second kappa shape index (κ2) is 11.3. The van der Waals surface area contributed by atoms with Crippen LogP contribution in [-0.2, 0) is 11.4 Å². The summed E-state index contributed by atoms with van der Waals surface area (Å²) in [6.07, 6.45) is 1.76. The largest absolute Gasteiger partial charge is 0.493 e. The third-order valence-corrected chi connectivity index (χ3v) is 6.74. The van der Waals surface area contributed by atoms with Gasteiger partial charge < -0.3 is 9.47 Å². The van der Waals surface area contributed by atoms with Crippen molar-refractivity contribution in [1.29, 1.82) is 0 Å². The van der Waals surface area contributed by atoms with Crippen LogP contribution in [0, 0.1) is 0 Å². The molecule has 0 saturated heterocycles. The van der Waals surface area contributed by atoms with Gasteiger partial charge in [-0.15, -0.1) is 0 Å². The number of ether oxygens (including phenoxy) is 2. The summed E-state index contributed by atoms with van der Waals surface area (Å²) in [5.41, 5.74) is 3.90. The van der Waals surface area contributed by atoms with Crippen LogP contribution >= 0.6 is 34.8 Å². The van der Waals surface area contributed by atoms with Crippen molar-refractivity contribution in [1.82, 2.24) is 0 Å². The number of halogens is 3. The van der Waals surface area contributed by atoms with Crippen LogP contribution in [0.1, 0.15) is 16.7 Å². The van der Waals surface area contributed by atoms with E-state index < -0.39 is 0 Å². The molecule has 38 heavy (non-hydrogen) atoms. The van der Waals surface area contributed by atoms with Crippen LogP contribution in [-0.4, -0.2) is 18.7 Å². The molecule has 0 aromatic heterocycles. The topological polar surface area (TPSA) is 51.1 Å². The first-order valence-corrected chi connectivity index (χ1v) is 12.8. The summed E-state index contributed by atoms with van der Waals surface area (Å²) in [5, 5.41) is 7.43. The van der Waals surface area contributed by atoms with Crippen molar-refractivity contribution in [3.05, 3.63) is 128 Å². The average molecular weight is 564 g/mol. The minimum atomic E-state index is -0.247. The predicted molar refractivity (Wildman–Crippen MR) is 154 cm³/mol. The smallest absolute Gasteiger partial charge is 0.281 e. The van der Waals surface area contributed by atoms with Crippen LogP contribution in [0.5, 0.6) is 11.5 Å². The Kier molecular flexibility index (Phi) is 7.70. The molecular formula is C30H21Cl3N2O3. The van der Waals surface area contributed by atoms with Crippen molar-refractivity contribution in [2.24, 2.45) is 5.10 Å². The Labute approximate surface area is 235 Å². The van der Waals surface area contributed by atoms with E-state index in [4.69, 9.17) is 44.3 Å². The van der Waals surface area contributed by atoms with Crippen molar-refractivity contribution < 1.29 is 14.3 Å². The van der Waals surface area contributed by atoms with Crippen molar-refractivity contribution in [2.45, 2.75) is 6.61 Å². The standard InChI is InChI=1S/C30H21Cl3N2O3/c1-37-27-16-19(15-26(33)29(27)38-18-21-12-13-22(31)17-25(21)32)14-24-28(20-8-4-2-5-9-20)34-35(30(24)36)23-10-6-3-7-11-23/h2-17H,18H2,1H3/b24-14-. The molecule has 0 unspecified atom stereocenters. The normalized spacial score (nSPS) is 14.1. The summed E-state index contributed by atoms with van der Waals surface area (Å²) in [4.78, 5) is 13.5. The van der Waals surface area contributed by atoms with E-state index in [1.165, 1.54) is 12.1 Å². The van der Waals surface area contributed by atoms with Gasteiger partial charge in [-0.25, -0.2) is 0 Å². The monoisotopic (exact) mass is 562 g/mol. The Morgan fingerprint density at radius 3 is 2.26 bits per heavy atom. The van der Waals surface area contributed by atoms with E-state index in [1.54, 1.807) is 36.4 Å². The van der Waals surface area contributed by atoms with Gasteiger partial charge in [-0.05, 0) is 48.0 Å². The van der Waals surface area contributed by atoms with Crippen LogP contribution in [0.25, 0.3) is 6.08 Å². The van der Waals surface area contributed by atoms with Gasteiger partial charge in [0.25, 0.3) is 5.91 Å². The molecule has 0 radical (unpaired) electrons. The number of anilines is 1. The lowest BCUT2D eigenvalue weighted by Gasteiger charge is -2.14. The SMILES string of the molecule is COc1cc(/C=C2\C(=O)N(c3ccccc3)N=C2c2ccccc2)cc(Cl)c1OCc1ccc(Cl)cc1Cl. The van der Waals surface area contributed by atoms with E-state index in [0.29, 0.717) is 49.1 Å². The Morgan fingerprint density at radius 1 is 0.868 bits per heavy atom. The number of hydrogen-bond donors (Lipinski definition) is 0. The van der Waals surface area contributed by atoms with Crippen molar-refractivity contribution in [2.75, 3.05) is 12.1 Å². The summed E-state index contributed by atoms with van der Waals surface area (Å²) in [7, 11) is 1.53. The maximum atomic E-state index is 13.5. The molecule has 1 aliphatic rings. The van der Waals surface area contributed by atoms with Gasteiger partial charge in [-0.1, -0.05) is 89.4 Å². The minimum Gasteiger partial charge on any atom is -0.493 e. The number of hydrogen-bond acceptors (Lipinski definition) is 4. The highest BCUT2D eigenvalue weighted by Crippen LogP contribution is 2.39. The number of amides is 1. The van der Waals surface area contributed by atoms with Crippen LogP contribution in [0.15, 0.2) is 102 Å². The van der Waals surface area contributed by atoms with Crippen LogP contribution in [0.4, 0.5) is 5.69 Å². The number of benzene rings is 4. The third kappa shape index (κ3) is 5.41. The first-order chi connectivity index (χ1) is 18.4. The van der Waals surface area contributed by atoms with Gasteiger partial charge in [0.15, 0.2) is 11.5 Å². The minimum absolute atomic E-state index is 0.169. The Bertz CT molecular complexity index is 1550. The number of carbonyl (C=O) groups excluding carboxylic acids is 1. The maximum Gasteiger partial charge on any atom is 0.281 e. The van der Waals surface area contributed by atoms with Gasteiger partial charge in [0.05, 0.1) is 23.4 Å². The van der Waals surface area contributed by atoms with E-state index in [1.807, 2.05) is 60.7 Å².